The van der Waals surface area contributed by atoms with Crippen molar-refractivity contribution in [1.29, 1.82) is 0 Å². The van der Waals surface area contributed by atoms with Crippen LogP contribution in [0.3, 0.4) is 0 Å². The summed E-state index contributed by atoms with van der Waals surface area (Å²) in [7, 11) is -3.95. The van der Waals surface area contributed by atoms with E-state index in [0.29, 0.717) is 6.10 Å². The lowest BCUT2D eigenvalue weighted by atomic mass is 10.0. The summed E-state index contributed by atoms with van der Waals surface area (Å²) >= 11 is 0. The van der Waals surface area contributed by atoms with Gasteiger partial charge in [0.25, 0.3) is 5.91 Å². The van der Waals surface area contributed by atoms with Crippen LogP contribution >= 0.6 is 0 Å². The molecule has 2 aromatic rings. The van der Waals surface area contributed by atoms with Gasteiger partial charge in [0, 0.05) is 6.61 Å². The van der Waals surface area contributed by atoms with E-state index in [1.807, 2.05) is 22.9 Å². The Bertz CT molecular complexity index is 999. The Morgan fingerprint density at radius 1 is 1.18 bits per heavy atom. The van der Waals surface area contributed by atoms with Gasteiger partial charge in [-0.1, -0.05) is 24.6 Å². The highest BCUT2D eigenvalue weighted by atomic mass is 32.2. The number of amides is 1. The van der Waals surface area contributed by atoms with Gasteiger partial charge in [0.2, 0.25) is 0 Å². The molecular weight excluding hydrogens is 380 g/mol. The molecule has 0 bridgehead atoms. The van der Waals surface area contributed by atoms with Crippen LogP contribution in [0, 0.1) is 0 Å². The Morgan fingerprint density at radius 3 is 2.75 bits per heavy atom. The van der Waals surface area contributed by atoms with Gasteiger partial charge in [0.05, 0.1) is 11.8 Å². The number of fused-ring (bicyclic) bond motifs is 1. The molecule has 0 saturated carbocycles. The highest BCUT2D eigenvalue weighted by Crippen LogP contribution is 2.35. The van der Waals surface area contributed by atoms with Crippen molar-refractivity contribution in [1.82, 2.24) is 4.72 Å². The Labute approximate surface area is 164 Å². The Morgan fingerprint density at radius 2 is 2.04 bits per heavy atom. The van der Waals surface area contributed by atoms with Crippen molar-refractivity contribution in [2.75, 3.05) is 17.5 Å². The number of nitrogens with zero attached hydrogens (tertiary/aromatic N) is 1. The van der Waals surface area contributed by atoms with Gasteiger partial charge < -0.3 is 9.84 Å². The van der Waals surface area contributed by atoms with Crippen molar-refractivity contribution < 1.29 is 23.1 Å². The van der Waals surface area contributed by atoms with Crippen LogP contribution in [-0.4, -0.2) is 38.7 Å². The molecule has 2 heterocycles. The molecule has 0 spiro atoms. The fraction of sp³-hybridized carbons (Fsp3) is 0.450. The monoisotopic (exact) mass is 404 g/mol. The van der Waals surface area contributed by atoms with Crippen LogP contribution in [0.25, 0.3) is 10.8 Å². The minimum absolute atomic E-state index is 0.112. The SMILES string of the molecule is O=C1CN(c2cc3cc(CCCCC4CCCO4)ccc3cc2O)S(=O)(=O)N1. The van der Waals surface area contributed by atoms with Crippen LogP contribution in [0.2, 0.25) is 0 Å². The van der Waals surface area contributed by atoms with Gasteiger partial charge in [-0.2, -0.15) is 8.42 Å². The van der Waals surface area contributed by atoms with E-state index >= 15 is 0 Å². The first-order chi connectivity index (χ1) is 13.4. The van der Waals surface area contributed by atoms with Crippen LogP contribution in [-0.2, 0) is 26.2 Å². The second-order valence-electron chi connectivity index (χ2n) is 7.44. The Balaban J connectivity index is 1.50. The number of carbonyl (C=O) groups excluding carboxylic acids is 1. The second kappa shape index (κ2) is 7.60. The lowest BCUT2D eigenvalue weighted by Gasteiger charge is -2.17. The molecule has 0 radical (unpaired) electrons. The zero-order chi connectivity index (χ0) is 19.7. The van der Waals surface area contributed by atoms with Gasteiger partial charge in [-0.3, -0.25) is 4.79 Å². The first-order valence-electron chi connectivity index (χ1n) is 9.63. The molecule has 2 fully saturated rings. The van der Waals surface area contributed by atoms with Crippen LogP contribution < -0.4 is 9.03 Å². The molecule has 28 heavy (non-hydrogen) atoms. The van der Waals surface area contributed by atoms with Gasteiger partial charge in [0.1, 0.15) is 12.3 Å². The molecule has 2 aliphatic heterocycles. The number of unbranched alkanes of at least 4 members (excludes halogenated alkanes) is 1. The Kier molecular flexibility index (Phi) is 5.16. The maximum Gasteiger partial charge on any atom is 0.326 e. The number of phenolic OH excluding ortho intramolecular Hbond substituents is 1. The number of benzene rings is 2. The van der Waals surface area contributed by atoms with Crippen molar-refractivity contribution >= 4 is 32.6 Å². The summed E-state index contributed by atoms with van der Waals surface area (Å²) in [5, 5.41) is 11.9. The van der Waals surface area contributed by atoms with Crippen molar-refractivity contribution in [2.24, 2.45) is 0 Å². The molecule has 0 aliphatic carbocycles. The summed E-state index contributed by atoms with van der Waals surface area (Å²) in [6.45, 7) is 0.558. The fourth-order valence-corrected chi connectivity index (χ4v) is 5.07. The first-order valence-corrected chi connectivity index (χ1v) is 11.1. The smallest absolute Gasteiger partial charge is 0.326 e. The van der Waals surface area contributed by atoms with E-state index in [2.05, 4.69) is 0 Å². The van der Waals surface area contributed by atoms with Crippen molar-refractivity contribution in [3.63, 3.8) is 0 Å². The molecule has 1 amide bonds. The van der Waals surface area contributed by atoms with Gasteiger partial charge in [-0.25, -0.2) is 9.03 Å². The topological polar surface area (TPSA) is 95.9 Å². The van der Waals surface area contributed by atoms with Crippen molar-refractivity contribution in [3.8, 4) is 5.75 Å². The number of anilines is 1. The number of hydrogen-bond acceptors (Lipinski definition) is 5. The average molecular weight is 404 g/mol. The molecule has 0 aromatic heterocycles. The van der Waals surface area contributed by atoms with E-state index in [1.54, 1.807) is 6.07 Å². The molecule has 2 aliphatic rings. The molecule has 1 atom stereocenters. The number of aromatic hydroxyl groups is 1. The van der Waals surface area contributed by atoms with Gasteiger partial charge in [-0.05, 0) is 60.6 Å². The van der Waals surface area contributed by atoms with Gasteiger partial charge in [-0.15, -0.1) is 0 Å². The lowest BCUT2D eigenvalue weighted by molar-refractivity contribution is -0.117. The summed E-state index contributed by atoms with van der Waals surface area (Å²) in [6.07, 6.45) is 6.96. The number of rotatable bonds is 6. The molecule has 8 heteroatoms. The van der Waals surface area contributed by atoms with Crippen molar-refractivity contribution in [3.05, 3.63) is 35.9 Å². The standard InChI is InChI=1S/C20H24N2O5S/c23-19-12-15-8-7-14(4-1-2-5-17-6-3-9-27-17)10-16(15)11-18(19)22-13-20(24)21-28(22,25)26/h7-8,10-12,17,23H,1-6,9,13H2,(H,21,24). The second-order valence-corrected chi connectivity index (χ2v) is 9.04. The lowest BCUT2D eigenvalue weighted by Crippen LogP contribution is -2.29. The van der Waals surface area contributed by atoms with Crippen LogP contribution in [0.5, 0.6) is 5.75 Å². The zero-order valence-corrected chi connectivity index (χ0v) is 16.4. The number of aryl methyl sites for hydroxylation is 1. The number of nitrogens with one attached hydrogen (secondary N) is 1. The van der Waals surface area contributed by atoms with E-state index in [4.69, 9.17) is 4.74 Å². The maximum absolute atomic E-state index is 12.1. The molecule has 2 saturated heterocycles. The summed E-state index contributed by atoms with van der Waals surface area (Å²) < 4.78 is 32.6. The van der Waals surface area contributed by atoms with E-state index < -0.39 is 16.1 Å². The first kappa shape index (κ1) is 19.0. The van der Waals surface area contributed by atoms with E-state index in [1.165, 1.54) is 18.9 Å². The summed E-state index contributed by atoms with van der Waals surface area (Å²) in [4.78, 5) is 11.5. The van der Waals surface area contributed by atoms with E-state index in [0.717, 1.165) is 52.9 Å². The summed E-state index contributed by atoms with van der Waals surface area (Å²) in [6, 6.07) is 9.13. The molecule has 4 rings (SSSR count). The highest BCUT2D eigenvalue weighted by Gasteiger charge is 2.35. The molecule has 1 unspecified atom stereocenters. The number of hydrogen-bond donors (Lipinski definition) is 2. The predicted molar refractivity (Wildman–Crippen MR) is 107 cm³/mol. The van der Waals surface area contributed by atoms with Gasteiger partial charge >= 0.3 is 10.2 Å². The summed E-state index contributed by atoms with van der Waals surface area (Å²) in [5.41, 5.74) is 1.27. The normalized spacial score (nSPS) is 21.4. The fourth-order valence-electron chi connectivity index (χ4n) is 3.91. The minimum atomic E-state index is -3.95. The van der Waals surface area contributed by atoms with Crippen LogP contribution in [0.1, 0.15) is 37.7 Å². The number of carbonyl (C=O) groups is 1. The maximum atomic E-state index is 12.1. The largest absolute Gasteiger partial charge is 0.506 e. The third-order valence-corrected chi connectivity index (χ3v) is 6.74. The molecule has 7 nitrogen and oxygen atoms in total. The number of ether oxygens (including phenoxy) is 1. The van der Waals surface area contributed by atoms with Gasteiger partial charge in [0.15, 0.2) is 0 Å². The van der Waals surface area contributed by atoms with Crippen molar-refractivity contribution in [2.45, 2.75) is 44.6 Å². The van der Waals surface area contributed by atoms with E-state index in [9.17, 15) is 18.3 Å². The molecule has 150 valence electrons. The molecule has 2 aromatic carbocycles. The average Bonchev–Trinajstić information content (AvgIpc) is 3.25. The third-order valence-electron chi connectivity index (χ3n) is 5.35. The minimum Gasteiger partial charge on any atom is -0.506 e. The molecule has 2 N–H and O–H groups in total. The van der Waals surface area contributed by atoms with E-state index in [-0.39, 0.29) is 18.0 Å². The summed E-state index contributed by atoms with van der Waals surface area (Å²) in [5.74, 6) is -0.781. The number of phenols is 1. The Hall–Kier alpha value is -2.32. The van der Waals surface area contributed by atoms with Crippen LogP contribution in [0.4, 0.5) is 5.69 Å². The molecular formula is C20H24N2O5S. The highest BCUT2D eigenvalue weighted by molar-refractivity contribution is 7.92. The third kappa shape index (κ3) is 3.93. The zero-order valence-electron chi connectivity index (χ0n) is 15.6. The quantitative estimate of drug-likeness (QED) is 0.722. The van der Waals surface area contributed by atoms with Crippen LogP contribution in [0.15, 0.2) is 30.3 Å². The predicted octanol–water partition coefficient (Wildman–Crippen LogP) is 2.62.